The Morgan fingerprint density at radius 3 is 2.36 bits per heavy atom. The van der Waals surface area contributed by atoms with Crippen LogP contribution in [0.3, 0.4) is 0 Å². The van der Waals surface area contributed by atoms with Gasteiger partial charge < -0.3 is 24.6 Å². The number of carbonyl (C=O) groups excluding carboxylic acids is 2. The number of benzene rings is 3. The summed E-state index contributed by atoms with van der Waals surface area (Å²) in [6.07, 6.45) is 0.0438. The summed E-state index contributed by atoms with van der Waals surface area (Å²) < 4.78 is 18.2. The number of rotatable bonds is 11. The van der Waals surface area contributed by atoms with Gasteiger partial charge >= 0.3 is 5.97 Å². The van der Waals surface area contributed by atoms with Crippen molar-refractivity contribution in [3.63, 3.8) is 0 Å². The second kappa shape index (κ2) is 15.3. The first-order valence-electron chi connectivity index (χ1n) is 15.0. The molecule has 1 aromatic heterocycles. The van der Waals surface area contributed by atoms with Crippen molar-refractivity contribution < 1.29 is 28.9 Å². The third kappa shape index (κ3) is 8.38. The monoisotopic (exact) mass is 626 g/mol. The quantitative estimate of drug-likeness (QED) is 0.146. The number of pyridine rings is 1. The SMILES string of the molecule is CC(=O)OC(C)C(=O)NCc1ccccc1-c1ccc(C2OC(CSc3ccccn3)C(C)C(c3ccc(CO)cc3)O2)cc1. The van der Waals surface area contributed by atoms with E-state index in [2.05, 4.69) is 17.2 Å². The highest BCUT2D eigenvalue weighted by Gasteiger charge is 2.38. The highest BCUT2D eigenvalue weighted by molar-refractivity contribution is 7.99. The minimum absolute atomic E-state index is 0.00825. The van der Waals surface area contributed by atoms with Crippen molar-refractivity contribution in [2.75, 3.05) is 5.75 Å². The summed E-state index contributed by atoms with van der Waals surface area (Å²) >= 11 is 1.66. The molecule has 1 fully saturated rings. The normalized spacial score (nSPS) is 20.3. The van der Waals surface area contributed by atoms with Crippen LogP contribution in [-0.4, -0.2) is 39.9 Å². The van der Waals surface area contributed by atoms with Gasteiger partial charge in [0.2, 0.25) is 0 Å². The lowest BCUT2D eigenvalue weighted by Gasteiger charge is -2.41. The number of esters is 1. The molecular formula is C36H38N2O6S. The van der Waals surface area contributed by atoms with E-state index in [-0.39, 0.29) is 30.6 Å². The maximum Gasteiger partial charge on any atom is 0.303 e. The lowest BCUT2D eigenvalue weighted by atomic mass is 9.91. The molecule has 1 aliphatic heterocycles. The molecule has 0 saturated carbocycles. The van der Waals surface area contributed by atoms with Crippen LogP contribution >= 0.6 is 11.8 Å². The Kier molecular flexibility index (Phi) is 11.0. The van der Waals surface area contributed by atoms with Crippen molar-refractivity contribution >= 4 is 23.6 Å². The van der Waals surface area contributed by atoms with Gasteiger partial charge in [-0.2, -0.15) is 0 Å². The second-order valence-electron chi connectivity index (χ2n) is 11.0. The van der Waals surface area contributed by atoms with Crippen LogP contribution in [0.4, 0.5) is 0 Å². The Morgan fingerprint density at radius 1 is 0.956 bits per heavy atom. The lowest BCUT2D eigenvalue weighted by Crippen LogP contribution is -2.38. The molecule has 5 atom stereocenters. The molecule has 234 valence electrons. The fourth-order valence-corrected chi connectivity index (χ4v) is 6.34. The topological polar surface area (TPSA) is 107 Å². The largest absolute Gasteiger partial charge is 0.453 e. The molecule has 2 N–H and O–H groups in total. The van der Waals surface area contributed by atoms with Gasteiger partial charge in [0, 0.05) is 36.9 Å². The second-order valence-corrected chi connectivity index (χ2v) is 12.1. The van der Waals surface area contributed by atoms with Gasteiger partial charge in [0.15, 0.2) is 12.4 Å². The van der Waals surface area contributed by atoms with Crippen LogP contribution < -0.4 is 5.32 Å². The van der Waals surface area contributed by atoms with Crippen molar-refractivity contribution in [1.82, 2.24) is 10.3 Å². The van der Waals surface area contributed by atoms with Crippen LogP contribution in [0.5, 0.6) is 0 Å². The molecular weight excluding hydrogens is 588 g/mol. The molecule has 1 saturated heterocycles. The molecule has 0 bridgehead atoms. The maximum absolute atomic E-state index is 12.4. The third-order valence-electron chi connectivity index (χ3n) is 7.83. The van der Waals surface area contributed by atoms with Gasteiger partial charge in [0.25, 0.3) is 5.91 Å². The predicted molar refractivity (Wildman–Crippen MR) is 173 cm³/mol. The predicted octanol–water partition coefficient (Wildman–Crippen LogP) is 6.39. The molecule has 0 radical (unpaired) electrons. The lowest BCUT2D eigenvalue weighted by molar-refractivity contribution is -0.268. The van der Waals surface area contributed by atoms with E-state index in [0.29, 0.717) is 6.54 Å². The van der Waals surface area contributed by atoms with E-state index < -0.39 is 18.4 Å². The van der Waals surface area contributed by atoms with Crippen LogP contribution in [0.25, 0.3) is 11.1 Å². The summed E-state index contributed by atoms with van der Waals surface area (Å²) in [6.45, 7) is 5.26. The fraction of sp³-hybridized carbons (Fsp3) is 0.306. The standard InChI is InChI=1S/C36H38N2O6S/c1-23-32(22-45-33-10-6-7-19-37-33)43-36(44-34(23)28-13-11-26(21-39)12-14-28)29-17-15-27(16-18-29)31-9-5-4-8-30(31)20-38-35(41)24(2)42-25(3)40/h4-19,23-24,32,34,36,39H,20-22H2,1-3H3,(H,38,41). The first-order valence-corrected chi connectivity index (χ1v) is 16.0. The molecule has 0 spiro atoms. The Morgan fingerprint density at radius 2 is 1.67 bits per heavy atom. The molecule has 5 unspecified atom stereocenters. The van der Waals surface area contributed by atoms with Gasteiger partial charge in [-0.3, -0.25) is 9.59 Å². The summed E-state index contributed by atoms with van der Waals surface area (Å²) in [5, 5.41) is 13.3. The molecule has 9 heteroatoms. The number of hydrogen-bond acceptors (Lipinski definition) is 8. The zero-order chi connectivity index (χ0) is 31.8. The average Bonchev–Trinajstić information content (AvgIpc) is 3.07. The Bertz CT molecular complexity index is 1560. The van der Waals surface area contributed by atoms with E-state index in [1.807, 2.05) is 91.0 Å². The van der Waals surface area contributed by atoms with E-state index in [0.717, 1.165) is 44.2 Å². The molecule has 1 aliphatic rings. The van der Waals surface area contributed by atoms with Gasteiger partial charge in [0.1, 0.15) is 0 Å². The summed E-state index contributed by atoms with van der Waals surface area (Å²) in [5.74, 6) is -0.0613. The molecule has 2 heterocycles. The zero-order valence-corrected chi connectivity index (χ0v) is 26.4. The molecule has 4 aromatic rings. The first kappa shape index (κ1) is 32.4. The van der Waals surface area contributed by atoms with E-state index in [4.69, 9.17) is 14.2 Å². The van der Waals surface area contributed by atoms with Crippen molar-refractivity contribution in [2.24, 2.45) is 5.92 Å². The van der Waals surface area contributed by atoms with E-state index in [9.17, 15) is 14.7 Å². The number of aliphatic hydroxyl groups excluding tert-OH is 1. The minimum Gasteiger partial charge on any atom is -0.453 e. The number of carbonyl (C=O) groups is 2. The van der Waals surface area contributed by atoms with Crippen LogP contribution in [0.1, 0.15) is 55.4 Å². The smallest absolute Gasteiger partial charge is 0.303 e. The van der Waals surface area contributed by atoms with Crippen LogP contribution in [0.2, 0.25) is 0 Å². The van der Waals surface area contributed by atoms with Crippen molar-refractivity contribution in [2.45, 2.75) is 63.6 Å². The Labute approximate surface area is 268 Å². The van der Waals surface area contributed by atoms with Gasteiger partial charge in [-0.25, -0.2) is 4.98 Å². The molecule has 8 nitrogen and oxygen atoms in total. The number of nitrogens with zero attached hydrogens (tertiary/aromatic N) is 1. The third-order valence-corrected chi connectivity index (χ3v) is 8.87. The average molecular weight is 627 g/mol. The minimum atomic E-state index is -0.866. The number of aromatic nitrogens is 1. The van der Waals surface area contributed by atoms with Crippen molar-refractivity contribution in [3.05, 3.63) is 119 Å². The number of ether oxygens (including phenoxy) is 3. The number of nitrogens with one attached hydrogen (secondary N) is 1. The van der Waals surface area contributed by atoms with E-state index >= 15 is 0 Å². The number of thioether (sulfide) groups is 1. The highest BCUT2D eigenvalue weighted by atomic mass is 32.2. The summed E-state index contributed by atoms with van der Waals surface area (Å²) in [5.41, 5.74) is 5.69. The maximum atomic E-state index is 12.4. The number of amides is 1. The van der Waals surface area contributed by atoms with Crippen molar-refractivity contribution in [1.29, 1.82) is 0 Å². The fourth-order valence-electron chi connectivity index (χ4n) is 5.31. The van der Waals surface area contributed by atoms with Crippen LogP contribution in [0, 0.1) is 5.92 Å². The highest BCUT2D eigenvalue weighted by Crippen LogP contribution is 2.43. The van der Waals surface area contributed by atoms with Crippen molar-refractivity contribution in [3.8, 4) is 11.1 Å². The summed E-state index contributed by atoms with van der Waals surface area (Å²) in [6, 6.07) is 29.7. The van der Waals surface area contributed by atoms with Crippen LogP contribution in [0.15, 0.2) is 102 Å². The summed E-state index contributed by atoms with van der Waals surface area (Å²) in [7, 11) is 0. The van der Waals surface area contributed by atoms with E-state index in [1.54, 1.807) is 24.9 Å². The van der Waals surface area contributed by atoms with Gasteiger partial charge in [-0.15, -0.1) is 11.8 Å². The van der Waals surface area contributed by atoms with Crippen LogP contribution in [-0.2, 0) is 37.0 Å². The zero-order valence-electron chi connectivity index (χ0n) is 25.6. The Hall–Kier alpha value is -4.02. The molecule has 3 aromatic carbocycles. The van der Waals surface area contributed by atoms with Gasteiger partial charge in [-0.05, 0) is 46.9 Å². The van der Waals surface area contributed by atoms with Gasteiger partial charge in [-0.1, -0.05) is 85.8 Å². The summed E-state index contributed by atoms with van der Waals surface area (Å²) in [4.78, 5) is 28.1. The molecule has 1 amide bonds. The van der Waals surface area contributed by atoms with Gasteiger partial charge in [0.05, 0.1) is 23.8 Å². The number of hydrogen-bond donors (Lipinski definition) is 2. The molecule has 45 heavy (non-hydrogen) atoms. The molecule has 5 rings (SSSR count). The molecule has 0 aliphatic carbocycles. The van der Waals surface area contributed by atoms with E-state index in [1.165, 1.54) is 6.92 Å². The Balaban J connectivity index is 1.34. The first-order chi connectivity index (χ1) is 21.8. The number of aliphatic hydroxyl groups is 1.